The van der Waals surface area contributed by atoms with E-state index in [4.69, 9.17) is 4.74 Å². The molecule has 2 heterocycles. The first kappa shape index (κ1) is 10.3. The monoisotopic (exact) mass is 231 g/mol. The second-order valence-corrected chi connectivity index (χ2v) is 4.08. The molecule has 3 rings (SSSR count). The lowest BCUT2D eigenvalue weighted by molar-refractivity contribution is -0.125. The third-order valence-electron chi connectivity index (χ3n) is 2.91. The van der Waals surface area contributed by atoms with E-state index in [2.05, 4.69) is 10.4 Å². The molecule has 1 atom stereocenters. The van der Waals surface area contributed by atoms with Gasteiger partial charge < -0.3 is 4.74 Å². The zero-order valence-electron chi connectivity index (χ0n) is 9.30. The Kier molecular flexibility index (Phi) is 2.53. The molecule has 1 amide bonds. The van der Waals surface area contributed by atoms with Crippen molar-refractivity contribution in [3.8, 4) is 0 Å². The van der Waals surface area contributed by atoms with Crippen LogP contribution in [-0.2, 0) is 9.53 Å². The summed E-state index contributed by atoms with van der Waals surface area (Å²) >= 11 is 0. The van der Waals surface area contributed by atoms with E-state index in [9.17, 15) is 4.79 Å². The lowest BCUT2D eigenvalue weighted by Gasteiger charge is -2.11. The zero-order valence-corrected chi connectivity index (χ0v) is 9.30. The highest BCUT2D eigenvalue weighted by Gasteiger charge is 2.23. The van der Waals surface area contributed by atoms with E-state index in [1.807, 2.05) is 24.3 Å². The van der Waals surface area contributed by atoms with Crippen molar-refractivity contribution in [1.29, 1.82) is 0 Å². The molecule has 1 saturated heterocycles. The maximum Gasteiger partial charge on any atom is 0.267 e. The third kappa shape index (κ3) is 1.89. The number of nitrogens with one attached hydrogen (secondary N) is 1. The molecule has 1 aromatic heterocycles. The number of ether oxygens (including phenoxy) is 1. The average Bonchev–Trinajstić information content (AvgIpc) is 2.98. The van der Waals surface area contributed by atoms with Crippen LogP contribution in [0.5, 0.6) is 0 Å². The highest BCUT2D eigenvalue weighted by molar-refractivity contribution is 5.90. The summed E-state index contributed by atoms with van der Waals surface area (Å²) in [5, 5.41) is 0. The summed E-state index contributed by atoms with van der Waals surface area (Å²) in [6.07, 6.45) is 3.02. The number of benzene rings is 1. The van der Waals surface area contributed by atoms with Gasteiger partial charge in [-0.2, -0.15) is 0 Å². The van der Waals surface area contributed by atoms with Crippen molar-refractivity contribution in [1.82, 2.24) is 9.66 Å². The highest BCUT2D eigenvalue weighted by Crippen LogP contribution is 2.14. The predicted molar refractivity (Wildman–Crippen MR) is 63.1 cm³/mol. The number of carbonyl (C=O) groups excluding carboxylic acids is 1. The van der Waals surface area contributed by atoms with Crippen molar-refractivity contribution in [2.45, 2.75) is 18.9 Å². The van der Waals surface area contributed by atoms with Gasteiger partial charge in [0.25, 0.3) is 5.91 Å². The molecule has 1 aliphatic heterocycles. The van der Waals surface area contributed by atoms with Crippen LogP contribution in [0.25, 0.3) is 11.0 Å². The molecular weight excluding hydrogens is 218 g/mol. The number of rotatable bonds is 2. The van der Waals surface area contributed by atoms with Gasteiger partial charge in [-0.25, -0.2) is 9.66 Å². The minimum atomic E-state index is -0.323. The fourth-order valence-electron chi connectivity index (χ4n) is 2.02. The summed E-state index contributed by atoms with van der Waals surface area (Å²) in [5.74, 6) is -0.106. The molecule has 5 nitrogen and oxygen atoms in total. The Hall–Kier alpha value is -1.88. The number of nitrogens with zero attached hydrogens (tertiary/aromatic N) is 2. The van der Waals surface area contributed by atoms with Crippen LogP contribution in [0, 0.1) is 0 Å². The normalized spacial score (nSPS) is 19.6. The Balaban J connectivity index is 1.82. The van der Waals surface area contributed by atoms with Crippen LogP contribution in [0.2, 0.25) is 0 Å². The lowest BCUT2D eigenvalue weighted by atomic mass is 10.2. The van der Waals surface area contributed by atoms with Crippen LogP contribution in [0.4, 0.5) is 0 Å². The van der Waals surface area contributed by atoms with Gasteiger partial charge in [-0.1, -0.05) is 12.1 Å². The molecule has 0 saturated carbocycles. The summed E-state index contributed by atoms with van der Waals surface area (Å²) in [7, 11) is 0. The molecular formula is C12H13N3O2. The third-order valence-corrected chi connectivity index (χ3v) is 2.91. The van der Waals surface area contributed by atoms with Crippen molar-refractivity contribution in [3.63, 3.8) is 0 Å². The maximum atomic E-state index is 11.9. The van der Waals surface area contributed by atoms with Crippen molar-refractivity contribution in [2.24, 2.45) is 0 Å². The standard InChI is InChI=1S/C12H13N3O2/c16-12(11-6-3-7-17-11)14-15-8-13-9-4-1-2-5-10(9)15/h1-2,4-5,8,11H,3,6-7H2,(H,14,16). The Morgan fingerprint density at radius 2 is 2.35 bits per heavy atom. The number of hydrogen-bond donors (Lipinski definition) is 1. The lowest BCUT2D eigenvalue weighted by Crippen LogP contribution is -2.32. The van der Waals surface area contributed by atoms with Crippen molar-refractivity contribution >= 4 is 16.9 Å². The number of fused-ring (bicyclic) bond motifs is 1. The molecule has 1 N–H and O–H groups in total. The van der Waals surface area contributed by atoms with Gasteiger partial charge in [-0.15, -0.1) is 0 Å². The van der Waals surface area contributed by atoms with E-state index in [1.165, 1.54) is 0 Å². The Labute approximate surface area is 98.4 Å². The van der Waals surface area contributed by atoms with Gasteiger partial charge in [0.15, 0.2) is 0 Å². The van der Waals surface area contributed by atoms with Gasteiger partial charge in [0, 0.05) is 6.61 Å². The number of para-hydroxylation sites is 2. The van der Waals surface area contributed by atoms with Gasteiger partial charge in [0.05, 0.1) is 11.0 Å². The number of aromatic nitrogens is 2. The quantitative estimate of drug-likeness (QED) is 0.847. The second-order valence-electron chi connectivity index (χ2n) is 4.08. The molecule has 0 radical (unpaired) electrons. The molecule has 88 valence electrons. The Morgan fingerprint density at radius 1 is 1.47 bits per heavy atom. The van der Waals surface area contributed by atoms with Gasteiger partial charge in [-0.05, 0) is 25.0 Å². The second kappa shape index (κ2) is 4.18. The molecule has 1 aromatic carbocycles. The van der Waals surface area contributed by atoms with Gasteiger partial charge in [0.2, 0.25) is 0 Å². The predicted octanol–water partition coefficient (Wildman–Crippen LogP) is 1.29. The van der Waals surface area contributed by atoms with Gasteiger partial charge in [0.1, 0.15) is 12.4 Å². The first-order valence-electron chi connectivity index (χ1n) is 5.69. The number of amides is 1. The van der Waals surface area contributed by atoms with Crippen LogP contribution in [0.3, 0.4) is 0 Å². The molecule has 1 aliphatic rings. The summed E-state index contributed by atoms with van der Waals surface area (Å²) in [6.45, 7) is 0.669. The fraction of sp³-hybridized carbons (Fsp3) is 0.333. The summed E-state index contributed by atoms with van der Waals surface area (Å²) in [5.41, 5.74) is 4.55. The minimum Gasteiger partial charge on any atom is -0.368 e. The topological polar surface area (TPSA) is 56.2 Å². The molecule has 1 fully saturated rings. The first-order chi connectivity index (χ1) is 8.34. The molecule has 1 unspecified atom stereocenters. The molecule has 0 aliphatic carbocycles. The van der Waals surface area contributed by atoms with Crippen LogP contribution in [0.15, 0.2) is 30.6 Å². The largest absolute Gasteiger partial charge is 0.368 e. The van der Waals surface area contributed by atoms with E-state index in [-0.39, 0.29) is 12.0 Å². The Bertz CT molecular complexity index is 543. The smallest absolute Gasteiger partial charge is 0.267 e. The van der Waals surface area contributed by atoms with Crippen LogP contribution >= 0.6 is 0 Å². The van der Waals surface area contributed by atoms with Gasteiger partial charge in [-0.3, -0.25) is 10.2 Å². The summed E-state index contributed by atoms with van der Waals surface area (Å²) in [4.78, 5) is 16.1. The van der Waals surface area contributed by atoms with Crippen LogP contribution < -0.4 is 5.43 Å². The minimum absolute atomic E-state index is 0.106. The van der Waals surface area contributed by atoms with Crippen molar-refractivity contribution in [2.75, 3.05) is 12.0 Å². The van der Waals surface area contributed by atoms with E-state index in [0.717, 1.165) is 23.9 Å². The summed E-state index contributed by atoms with van der Waals surface area (Å²) in [6, 6.07) is 7.66. The fourth-order valence-corrected chi connectivity index (χ4v) is 2.02. The first-order valence-corrected chi connectivity index (χ1v) is 5.69. The van der Waals surface area contributed by atoms with Crippen molar-refractivity contribution < 1.29 is 9.53 Å². The zero-order chi connectivity index (χ0) is 11.7. The molecule has 5 heteroatoms. The molecule has 0 bridgehead atoms. The number of carbonyl (C=O) groups is 1. The van der Waals surface area contributed by atoms with Crippen LogP contribution in [0.1, 0.15) is 12.8 Å². The van der Waals surface area contributed by atoms with E-state index in [1.54, 1.807) is 11.0 Å². The average molecular weight is 231 g/mol. The van der Waals surface area contributed by atoms with E-state index in [0.29, 0.717) is 6.61 Å². The van der Waals surface area contributed by atoms with Crippen LogP contribution in [-0.4, -0.2) is 28.3 Å². The highest BCUT2D eigenvalue weighted by atomic mass is 16.5. The molecule has 2 aromatic rings. The molecule has 0 spiro atoms. The SMILES string of the molecule is O=C(Nn1cnc2ccccc21)C1CCCO1. The van der Waals surface area contributed by atoms with Gasteiger partial charge >= 0.3 is 0 Å². The van der Waals surface area contributed by atoms with Crippen molar-refractivity contribution in [3.05, 3.63) is 30.6 Å². The molecule has 17 heavy (non-hydrogen) atoms. The van der Waals surface area contributed by atoms with E-state index >= 15 is 0 Å². The maximum absolute atomic E-state index is 11.9. The Morgan fingerprint density at radius 3 is 3.18 bits per heavy atom. The number of imidazole rings is 1. The van der Waals surface area contributed by atoms with E-state index < -0.39 is 0 Å². The summed E-state index contributed by atoms with van der Waals surface area (Å²) < 4.78 is 6.97. The number of hydrogen-bond acceptors (Lipinski definition) is 3.